The van der Waals surface area contributed by atoms with Gasteiger partial charge in [-0.2, -0.15) is 0 Å². The molecule has 44 heavy (non-hydrogen) atoms. The van der Waals surface area contributed by atoms with E-state index in [-0.39, 0.29) is 83.9 Å². The van der Waals surface area contributed by atoms with Crippen molar-refractivity contribution < 1.29 is 43.2 Å². The molecule has 0 radical (unpaired) electrons. The average molecular weight is 612 g/mol. The molecule has 238 valence electrons. The van der Waals surface area contributed by atoms with E-state index in [0.29, 0.717) is 0 Å². The quantitative estimate of drug-likeness (QED) is 0.142. The van der Waals surface area contributed by atoms with Gasteiger partial charge in [-0.05, 0) is 24.0 Å². The molecule has 3 amide bonds. The van der Waals surface area contributed by atoms with Crippen LogP contribution in [-0.2, 0) is 46.5 Å². The Kier molecular flexibility index (Phi) is 15.4. The molecule has 1 heterocycles. The highest BCUT2D eigenvalue weighted by molar-refractivity contribution is 5.86. The Hall–Kier alpha value is -4.26. The molecule has 4 N–H and O–H groups in total. The lowest BCUT2D eigenvalue weighted by Gasteiger charge is -2.24. The summed E-state index contributed by atoms with van der Waals surface area (Å²) in [5, 5.41) is 16.9. The molecule has 3 unspecified atom stereocenters. The van der Waals surface area contributed by atoms with Gasteiger partial charge in [0.15, 0.2) is 0 Å². The number of aliphatic hydroxyl groups excluding tert-OH is 1. The highest BCUT2D eigenvalue weighted by Crippen LogP contribution is 2.14. The van der Waals surface area contributed by atoms with Crippen LogP contribution in [0.1, 0.15) is 30.4 Å². The zero-order valence-corrected chi connectivity index (χ0v) is 24.7. The van der Waals surface area contributed by atoms with Crippen molar-refractivity contribution in [1.29, 1.82) is 0 Å². The molecule has 3 rings (SSSR count). The lowest BCUT2D eigenvalue weighted by atomic mass is 9.98. The summed E-state index contributed by atoms with van der Waals surface area (Å²) in [5.41, 5.74) is 1.73. The van der Waals surface area contributed by atoms with Crippen LogP contribution in [0.25, 0.3) is 0 Å². The number of amides is 3. The van der Waals surface area contributed by atoms with E-state index in [9.17, 15) is 19.2 Å². The number of cyclic esters (lactones) is 1. The summed E-state index contributed by atoms with van der Waals surface area (Å²) in [4.78, 5) is 51.3. The van der Waals surface area contributed by atoms with Crippen molar-refractivity contribution >= 4 is 23.9 Å². The Labute approximate surface area is 257 Å². The highest BCUT2D eigenvalue weighted by Gasteiger charge is 2.27. The maximum Gasteiger partial charge on any atom is 0.408 e. The predicted octanol–water partition coefficient (Wildman–Crippen LogP) is 2.01. The van der Waals surface area contributed by atoms with Gasteiger partial charge in [-0.15, -0.1) is 0 Å². The van der Waals surface area contributed by atoms with E-state index in [1.807, 2.05) is 60.7 Å². The van der Waals surface area contributed by atoms with Gasteiger partial charge in [0.05, 0.1) is 45.0 Å². The van der Waals surface area contributed by atoms with Gasteiger partial charge in [0.25, 0.3) is 0 Å². The molecule has 0 spiro atoms. The highest BCUT2D eigenvalue weighted by atomic mass is 16.6. The number of aliphatic hydroxyl groups is 1. The molecule has 0 aromatic heterocycles. The molecular formula is C32H41N3O9. The number of alkyl carbamates (subject to hydrolysis) is 1. The van der Waals surface area contributed by atoms with Crippen molar-refractivity contribution in [2.75, 3.05) is 39.6 Å². The Morgan fingerprint density at radius 3 is 2.30 bits per heavy atom. The van der Waals surface area contributed by atoms with Gasteiger partial charge in [0.1, 0.15) is 19.3 Å². The standard InChI is InChI=1S/C32H41N3O9/c36-16-18-41-17-15-33-29(37)19-26-13-7-8-14-28(35-32(40)44-21-25-11-5-2-6-12-25)31(39)43-23-27(34-30(26)38)22-42-20-24-9-3-1-4-10-24/h1-12,26-28,36H,13-23H2,(H,33,37)(H,34,38)(H,35,40). The van der Waals surface area contributed by atoms with Crippen molar-refractivity contribution in [3.63, 3.8) is 0 Å². The summed E-state index contributed by atoms with van der Waals surface area (Å²) in [6.07, 6.45) is 2.81. The van der Waals surface area contributed by atoms with Crippen LogP contribution in [0.15, 0.2) is 72.8 Å². The molecule has 0 saturated heterocycles. The Morgan fingerprint density at radius 2 is 1.59 bits per heavy atom. The maximum atomic E-state index is 13.3. The van der Waals surface area contributed by atoms with Crippen LogP contribution in [0.4, 0.5) is 4.79 Å². The zero-order chi connectivity index (χ0) is 31.4. The lowest BCUT2D eigenvalue weighted by Crippen LogP contribution is -2.47. The van der Waals surface area contributed by atoms with Crippen molar-refractivity contribution in [3.05, 3.63) is 83.9 Å². The molecule has 12 heteroatoms. The largest absolute Gasteiger partial charge is 0.462 e. The van der Waals surface area contributed by atoms with E-state index in [0.717, 1.165) is 11.1 Å². The molecular weight excluding hydrogens is 570 g/mol. The summed E-state index contributed by atoms with van der Waals surface area (Å²) in [6.45, 7) is 0.688. The first-order chi connectivity index (χ1) is 21.4. The number of ether oxygens (including phenoxy) is 4. The smallest absolute Gasteiger partial charge is 0.408 e. The first kappa shape index (κ1) is 34.2. The number of hydrogen-bond acceptors (Lipinski definition) is 9. The first-order valence-electron chi connectivity index (χ1n) is 14.6. The van der Waals surface area contributed by atoms with E-state index in [1.54, 1.807) is 12.2 Å². The molecule has 2 aromatic rings. The molecule has 3 atom stereocenters. The summed E-state index contributed by atoms with van der Waals surface area (Å²) in [6, 6.07) is 16.9. The number of carbonyl (C=O) groups is 4. The van der Waals surface area contributed by atoms with Gasteiger partial charge in [0.2, 0.25) is 11.8 Å². The second kappa shape index (κ2) is 19.8. The number of allylic oxidation sites excluding steroid dienone is 1. The third-order valence-electron chi connectivity index (χ3n) is 6.56. The maximum absolute atomic E-state index is 13.3. The van der Waals surface area contributed by atoms with Crippen LogP contribution >= 0.6 is 0 Å². The van der Waals surface area contributed by atoms with E-state index < -0.39 is 30.1 Å². The molecule has 12 nitrogen and oxygen atoms in total. The Bertz CT molecular complexity index is 1190. The predicted molar refractivity (Wildman–Crippen MR) is 160 cm³/mol. The van der Waals surface area contributed by atoms with Gasteiger partial charge in [0, 0.05) is 13.0 Å². The van der Waals surface area contributed by atoms with Crippen molar-refractivity contribution in [3.8, 4) is 0 Å². The number of benzene rings is 2. The summed E-state index contributed by atoms with van der Waals surface area (Å²) in [5.74, 6) is -2.11. The molecule has 0 bridgehead atoms. The van der Waals surface area contributed by atoms with Gasteiger partial charge >= 0.3 is 12.1 Å². The third kappa shape index (κ3) is 13.4. The summed E-state index contributed by atoms with van der Waals surface area (Å²) < 4.78 is 21.7. The van der Waals surface area contributed by atoms with Crippen LogP contribution in [0.3, 0.4) is 0 Å². The minimum Gasteiger partial charge on any atom is -0.462 e. The fraction of sp³-hybridized carbons (Fsp3) is 0.438. The minimum absolute atomic E-state index is 0.0362. The zero-order valence-electron chi connectivity index (χ0n) is 24.7. The molecule has 0 saturated carbocycles. The molecule has 0 aliphatic carbocycles. The fourth-order valence-corrected chi connectivity index (χ4v) is 4.25. The van der Waals surface area contributed by atoms with Gasteiger partial charge in [-0.25, -0.2) is 9.59 Å². The number of rotatable bonds is 14. The average Bonchev–Trinajstić information content (AvgIpc) is 3.03. The molecule has 2 aromatic carbocycles. The van der Waals surface area contributed by atoms with E-state index in [4.69, 9.17) is 24.1 Å². The molecule has 0 fully saturated rings. The SMILES string of the molecule is O=C(CC1CC=CCC(NC(=O)OCc2ccccc2)C(=O)OCC(COCc2ccccc2)NC1=O)NCCOCCO. The van der Waals surface area contributed by atoms with Gasteiger partial charge in [-0.3, -0.25) is 9.59 Å². The number of esters is 1. The summed E-state index contributed by atoms with van der Waals surface area (Å²) in [7, 11) is 0. The van der Waals surface area contributed by atoms with Crippen molar-refractivity contribution in [1.82, 2.24) is 16.0 Å². The number of hydrogen-bond donors (Lipinski definition) is 4. The lowest BCUT2D eigenvalue weighted by molar-refractivity contribution is -0.148. The molecule has 1 aliphatic rings. The van der Waals surface area contributed by atoms with E-state index in [1.165, 1.54) is 0 Å². The number of nitrogens with one attached hydrogen (secondary N) is 3. The normalized spacial score (nSPS) is 19.1. The second-order valence-electron chi connectivity index (χ2n) is 10.1. The van der Waals surface area contributed by atoms with Crippen LogP contribution in [0.2, 0.25) is 0 Å². The van der Waals surface area contributed by atoms with Crippen molar-refractivity contribution in [2.45, 2.75) is 44.6 Å². The van der Waals surface area contributed by atoms with E-state index >= 15 is 0 Å². The van der Waals surface area contributed by atoms with Crippen LogP contribution in [0.5, 0.6) is 0 Å². The summed E-state index contributed by atoms with van der Waals surface area (Å²) >= 11 is 0. The van der Waals surface area contributed by atoms with Crippen LogP contribution in [-0.4, -0.2) is 80.6 Å². The van der Waals surface area contributed by atoms with Gasteiger partial charge in [-0.1, -0.05) is 72.8 Å². The third-order valence-corrected chi connectivity index (χ3v) is 6.56. The Balaban J connectivity index is 1.65. The molecule has 1 aliphatic heterocycles. The first-order valence-corrected chi connectivity index (χ1v) is 14.6. The monoisotopic (exact) mass is 611 g/mol. The Morgan fingerprint density at radius 1 is 0.909 bits per heavy atom. The van der Waals surface area contributed by atoms with Crippen LogP contribution < -0.4 is 16.0 Å². The minimum atomic E-state index is -1.03. The van der Waals surface area contributed by atoms with E-state index in [2.05, 4.69) is 16.0 Å². The number of carbonyl (C=O) groups excluding carboxylic acids is 4. The van der Waals surface area contributed by atoms with Gasteiger partial charge < -0.3 is 40.0 Å². The van der Waals surface area contributed by atoms with Crippen molar-refractivity contribution in [2.24, 2.45) is 5.92 Å². The second-order valence-corrected chi connectivity index (χ2v) is 10.1. The van der Waals surface area contributed by atoms with Crippen LogP contribution in [0, 0.1) is 5.92 Å². The fourth-order valence-electron chi connectivity index (χ4n) is 4.25. The topological polar surface area (TPSA) is 162 Å².